The summed E-state index contributed by atoms with van der Waals surface area (Å²) in [6.45, 7) is 5.96. The van der Waals surface area contributed by atoms with Crippen molar-refractivity contribution in [2.75, 3.05) is 20.6 Å². The highest BCUT2D eigenvalue weighted by atomic mass is 127. The number of nitrogens with one attached hydrogen (secondary N) is 2. The molecule has 0 saturated carbocycles. The quantitative estimate of drug-likeness (QED) is 0.250. The molecule has 31 heavy (non-hydrogen) atoms. The molecule has 0 atom stereocenters. The average Bonchev–Trinajstić information content (AvgIpc) is 3.24. The Balaban J connectivity index is 0.00000341. The lowest BCUT2D eigenvalue weighted by Gasteiger charge is -2.14. The van der Waals surface area contributed by atoms with Gasteiger partial charge in [-0.05, 0) is 49.3 Å². The van der Waals surface area contributed by atoms with Gasteiger partial charge in [0.2, 0.25) is 0 Å². The number of benzene rings is 2. The summed E-state index contributed by atoms with van der Waals surface area (Å²) in [5.41, 5.74) is 5.01. The number of hydrogen-bond acceptors (Lipinski definition) is 3. The Morgan fingerprint density at radius 2 is 1.77 bits per heavy atom. The molecular weight excluding hydrogens is 499 g/mol. The maximum atomic E-state index is 4.79. The number of nitrogens with zero attached hydrogens (tertiary/aromatic N) is 4. The zero-order valence-corrected chi connectivity index (χ0v) is 20.9. The predicted octanol–water partition coefficient (Wildman–Crippen LogP) is 3.87. The van der Waals surface area contributed by atoms with Gasteiger partial charge in [-0.1, -0.05) is 48.5 Å². The second-order valence-electron chi connectivity index (χ2n) is 7.58. The minimum Gasteiger partial charge on any atom is -0.357 e. The molecule has 3 aromatic rings. The van der Waals surface area contributed by atoms with E-state index in [1.165, 1.54) is 22.3 Å². The second-order valence-corrected chi connectivity index (χ2v) is 7.58. The molecule has 0 fully saturated rings. The Kier molecular flexibility index (Phi) is 10.5. The van der Waals surface area contributed by atoms with Crippen LogP contribution in [0.25, 0.3) is 0 Å². The summed E-state index contributed by atoms with van der Waals surface area (Å²) in [7, 11) is 4.17. The third-order valence-corrected chi connectivity index (χ3v) is 4.71. The van der Waals surface area contributed by atoms with E-state index in [1.807, 2.05) is 23.1 Å². The van der Waals surface area contributed by atoms with Crippen LogP contribution in [0.2, 0.25) is 0 Å². The van der Waals surface area contributed by atoms with Gasteiger partial charge in [-0.25, -0.2) is 4.99 Å². The normalized spacial score (nSPS) is 11.3. The first-order valence-corrected chi connectivity index (χ1v) is 10.4. The van der Waals surface area contributed by atoms with E-state index in [1.54, 1.807) is 0 Å². The van der Waals surface area contributed by atoms with Crippen LogP contribution in [0.15, 0.2) is 72.0 Å². The summed E-state index contributed by atoms with van der Waals surface area (Å²) >= 11 is 0. The number of rotatable bonds is 9. The van der Waals surface area contributed by atoms with Gasteiger partial charge < -0.3 is 15.5 Å². The molecule has 166 valence electrons. The molecule has 0 amide bonds. The largest absolute Gasteiger partial charge is 0.357 e. The predicted molar refractivity (Wildman–Crippen MR) is 139 cm³/mol. The maximum absolute atomic E-state index is 4.79. The van der Waals surface area contributed by atoms with Gasteiger partial charge in [0, 0.05) is 32.0 Å². The molecule has 0 aliphatic heterocycles. The molecule has 0 radical (unpaired) electrons. The second kappa shape index (κ2) is 13.1. The van der Waals surface area contributed by atoms with Crippen LogP contribution in [-0.2, 0) is 26.2 Å². The molecule has 2 N–H and O–H groups in total. The van der Waals surface area contributed by atoms with E-state index in [9.17, 15) is 0 Å². The van der Waals surface area contributed by atoms with Crippen molar-refractivity contribution in [1.82, 2.24) is 25.3 Å². The van der Waals surface area contributed by atoms with Gasteiger partial charge in [0.25, 0.3) is 0 Å². The minimum atomic E-state index is 0. The number of guanidine groups is 1. The molecule has 0 bridgehead atoms. The third kappa shape index (κ3) is 8.34. The van der Waals surface area contributed by atoms with Crippen LogP contribution >= 0.6 is 24.0 Å². The van der Waals surface area contributed by atoms with Crippen molar-refractivity contribution >= 4 is 29.9 Å². The average molecular weight is 532 g/mol. The lowest BCUT2D eigenvalue weighted by molar-refractivity contribution is 0.402. The standard InChI is InChI=1S/C24H32N6.HI/c1-4-25-24(26-16-20-9-7-10-21(15-20)18-29(2)3)27-17-22-11-5-6-12-23(22)19-30-14-8-13-28-30;/h5-15H,4,16-19H2,1-3H3,(H2,25,26,27);1H. The van der Waals surface area contributed by atoms with Crippen molar-refractivity contribution in [3.63, 3.8) is 0 Å². The Morgan fingerprint density at radius 1 is 1.00 bits per heavy atom. The lowest BCUT2D eigenvalue weighted by Crippen LogP contribution is -2.37. The highest BCUT2D eigenvalue weighted by Crippen LogP contribution is 2.11. The summed E-state index contributed by atoms with van der Waals surface area (Å²) in [5.74, 6) is 0.824. The Bertz CT molecular complexity index is 937. The highest BCUT2D eigenvalue weighted by molar-refractivity contribution is 14.0. The van der Waals surface area contributed by atoms with Crippen LogP contribution in [-0.4, -0.2) is 41.3 Å². The lowest BCUT2D eigenvalue weighted by atomic mass is 10.1. The van der Waals surface area contributed by atoms with Gasteiger partial charge in [-0.2, -0.15) is 5.10 Å². The number of aromatic nitrogens is 2. The minimum absolute atomic E-state index is 0. The smallest absolute Gasteiger partial charge is 0.191 e. The summed E-state index contributed by atoms with van der Waals surface area (Å²) in [4.78, 5) is 6.96. The summed E-state index contributed by atoms with van der Waals surface area (Å²) in [6, 6.07) is 19.0. The monoisotopic (exact) mass is 532 g/mol. The molecule has 7 heteroatoms. The summed E-state index contributed by atoms with van der Waals surface area (Å²) < 4.78 is 1.94. The first-order valence-electron chi connectivity index (χ1n) is 10.4. The van der Waals surface area contributed by atoms with Gasteiger partial charge in [0.05, 0.1) is 13.1 Å². The molecule has 0 spiro atoms. The molecule has 0 saturated heterocycles. The number of halogens is 1. The van der Waals surface area contributed by atoms with Gasteiger partial charge in [0.1, 0.15) is 0 Å². The van der Waals surface area contributed by atoms with Crippen molar-refractivity contribution in [2.24, 2.45) is 4.99 Å². The van der Waals surface area contributed by atoms with Crippen LogP contribution in [0, 0.1) is 0 Å². The van der Waals surface area contributed by atoms with E-state index in [4.69, 9.17) is 4.99 Å². The van der Waals surface area contributed by atoms with Crippen molar-refractivity contribution in [2.45, 2.75) is 33.1 Å². The van der Waals surface area contributed by atoms with E-state index in [0.29, 0.717) is 13.1 Å². The first-order chi connectivity index (χ1) is 14.6. The Labute approximate surface area is 202 Å². The van der Waals surface area contributed by atoms with E-state index >= 15 is 0 Å². The van der Waals surface area contributed by atoms with Crippen LogP contribution in [0.4, 0.5) is 0 Å². The number of aliphatic imine (C=N–C) groups is 1. The SMILES string of the molecule is CCNC(=NCc1cccc(CN(C)C)c1)NCc1ccccc1Cn1cccn1.I. The topological polar surface area (TPSA) is 57.5 Å². The highest BCUT2D eigenvalue weighted by Gasteiger charge is 2.05. The third-order valence-electron chi connectivity index (χ3n) is 4.71. The van der Waals surface area contributed by atoms with Crippen molar-refractivity contribution in [3.05, 3.63) is 89.2 Å². The van der Waals surface area contributed by atoms with Crippen molar-refractivity contribution in [1.29, 1.82) is 0 Å². The van der Waals surface area contributed by atoms with Crippen LogP contribution in [0.1, 0.15) is 29.2 Å². The molecule has 6 nitrogen and oxygen atoms in total. The fraction of sp³-hybridized carbons (Fsp3) is 0.333. The Hall–Kier alpha value is -2.39. The van der Waals surface area contributed by atoms with Crippen molar-refractivity contribution in [3.8, 4) is 0 Å². The molecule has 2 aromatic carbocycles. The van der Waals surface area contributed by atoms with Crippen molar-refractivity contribution < 1.29 is 0 Å². The molecule has 0 aliphatic rings. The molecule has 1 aromatic heterocycles. The Morgan fingerprint density at radius 3 is 2.48 bits per heavy atom. The van der Waals surface area contributed by atoms with Gasteiger partial charge in [0.15, 0.2) is 5.96 Å². The molecular formula is C24H33IN6. The number of hydrogen-bond donors (Lipinski definition) is 2. The molecule has 0 unspecified atom stereocenters. The summed E-state index contributed by atoms with van der Waals surface area (Å²) in [6.07, 6.45) is 3.80. The van der Waals surface area contributed by atoms with Gasteiger partial charge in [-0.3, -0.25) is 4.68 Å². The van der Waals surface area contributed by atoms with Crippen LogP contribution in [0.3, 0.4) is 0 Å². The van der Waals surface area contributed by atoms with E-state index in [0.717, 1.165) is 25.6 Å². The zero-order valence-electron chi connectivity index (χ0n) is 18.6. The first kappa shape index (κ1) is 24.9. The zero-order chi connectivity index (χ0) is 21.2. The molecule has 1 heterocycles. The molecule has 3 rings (SSSR count). The van der Waals surface area contributed by atoms with Gasteiger partial charge >= 0.3 is 0 Å². The fourth-order valence-electron chi connectivity index (χ4n) is 3.34. The van der Waals surface area contributed by atoms with Crippen LogP contribution in [0.5, 0.6) is 0 Å². The maximum Gasteiger partial charge on any atom is 0.191 e. The van der Waals surface area contributed by atoms with E-state index < -0.39 is 0 Å². The van der Waals surface area contributed by atoms with Gasteiger partial charge in [-0.15, -0.1) is 24.0 Å². The van der Waals surface area contributed by atoms with E-state index in [2.05, 4.69) is 90.2 Å². The fourth-order valence-corrected chi connectivity index (χ4v) is 3.34. The summed E-state index contributed by atoms with van der Waals surface area (Å²) in [5, 5.41) is 11.1. The van der Waals surface area contributed by atoms with E-state index in [-0.39, 0.29) is 24.0 Å². The van der Waals surface area contributed by atoms with Crippen LogP contribution < -0.4 is 10.6 Å². The molecule has 0 aliphatic carbocycles.